The van der Waals surface area contributed by atoms with E-state index in [1.807, 2.05) is 18.2 Å². The highest BCUT2D eigenvalue weighted by Gasteiger charge is 2.16. The van der Waals surface area contributed by atoms with Gasteiger partial charge in [-0.05, 0) is 47.3 Å². The summed E-state index contributed by atoms with van der Waals surface area (Å²) in [7, 11) is 0. The number of carboxylic acid groups (broad SMARTS) is 1. The minimum absolute atomic E-state index is 0.118. The summed E-state index contributed by atoms with van der Waals surface area (Å²) in [5.74, 6) is -0.328. The minimum atomic E-state index is -0.980. The van der Waals surface area contributed by atoms with Crippen LogP contribution in [0.1, 0.15) is 24.8 Å². The van der Waals surface area contributed by atoms with E-state index in [1.165, 1.54) is 6.08 Å². The molecule has 0 bridgehead atoms. The Bertz CT molecular complexity index is 493. The molecule has 1 aliphatic heterocycles. The van der Waals surface area contributed by atoms with Gasteiger partial charge in [-0.1, -0.05) is 12.1 Å². The maximum atomic E-state index is 10.6. The molecule has 1 heterocycles. The minimum Gasteiger partial charge on any atom is -0.489 e. The highest BCUT2D eigenvalue weighted by molar-refractivity contribution is 9.10. The summed E-state index contributed by atoms with van der Waals surface area (Å²) in [4.78, 5) is 10.6. The lowest BCUT2D eigenvalue weighted by Gasteiger charge is -2.23. The molecule has 0 radical (unpaired) electrons. The van der Waals surface area contributed by atoms with E-state index in [0.717, 1.165) is 42.0 Å². The third-order valence-corrected chi connectivity index (χ3v) is 3.71. The molecule has 20 heavy (non-hydrogen) atoms. The zero-order chi connectivity index (χ0) is 14.4. The van der Waals surface area contributed by atoms with E-state index in [-0.39, 0.29) is 6.10 Å². The van der Waals surface area contributed by atoms with E-state index >= 15 is 0 Å². The first-order chi connectivity index (χ1) is 9.66. The molecule has 1 unspecified atom stereocenters. The molecule has 0 aliphatic carbocycles. The molecule has 5 heteroatoms. The number of para-hydroxylation sites is 1. The molecule has 0 spiro atoms. The first kappa shape index (κ1) is 15.1. The van der Waals surface area contributed by atoms with Crippen molar-refractivity contribution in [1.82, 2.24) is 0 Å². The van der Waals surface area contributed by atoms with Gasteiger partial charge < -0.3 is 14.6 Å². The number of hydrogen-bond acceptors (Lipinski definition) is 3. The van der Waals surface area contributed by atoms with Crippen LogP contribution >= 0.6 is 15.9 Å². The zero-order valence-corrected chi connectivity index (χ0v) is 12.6. The second-order valence-electron chi connectivity index (χ2n) is 4.63. The lowest BCUT2D eigenvalue weighted by atomic mass is 10.1. The average molecular weight is 341 g/mol. The molecule has 1 aliphatic rings. The third-order valence-electron chi connectivity index (χ3n) is 3.09. The third kappa shape index (κ3) is 4.35. The van der Waals surface area contributed by atoms with Gasteiger partial charge in [-0.3, -0.25) is 0 Å². The van der Waals surface area contributed by atoms with Crippen LogP contribution in [0.4, 0.5) is 0 Å². The van der Waals surface area contributed by atoms with Crippen LogP contribution in [0.3, 0.4) is 0 Å². The number of rotatable bonds is 5. The van der Waals surface area contributed by atoms with E-state index in [0.29, 0.717) is 12.4 Å². The van der Waals surface area contributed by atoms with Gasteiger partial charge in [0.05, 0.1) is 10.6 Å². The molecule has 0 aromatic heterocycles. The van der Waals surface area contributed by atoms with Crippen molar-refractivity contribution in [3.63, 3.8) is 0 Å². The van der Waals surface area contributed by atoms with Crippen LogP contribution in [-0.4, -0.2) is 30.4 Å². The summed E-state index contributed by atoms with van der Waals surface area (Å²) in [5, 5.41) is 8.71. The number of aliphatic carboxylic acids is 1. The van der Waals surface area contributed by atoms with Gasteiger partial charge in [-0.2, -0.15) is 0 Å². The van der Waals surface area contributed by atoms with Gasteiger partial charge in [-0.25, -0.2) is 4.79 Å². The van der Waals surface area contributed by atoms with Crippen LogP contribution < -0.4 is 4.74 Å². The van der Waals surface area contributed by atoms with Crippen LogP contribution in [0.2, 0.25) is 0 Å². The zero-order valence-electron chi connectivity index (χ0n) is 11.0. The second kappa shape index (κ2) is 7.45. The van der Waals surface area contributed by atoms with Crippen molar-refractivity contribution in [2.75, 3.05) is 13.2 Å². The van der Waals surface area contributed by atoms with E-state index in [9.17, 15) is 4.79 Å². The maximum absolute atomic E-state index is 10.6. The predicted molar refractivity (Wildman–Crippen MR) is 79.9 cm³/mol. The number of carbonyl (C=O) groups is 1. The van der Waals surface area contributed by atoms with Gasteiger partial charge in [0.15, 0.2) is 0 Å². The van der Waals surface area contributed by atoms with Gasteiger partial charge in [0.25, 0.3) is 0 Å². The van der Waals surface area contributed by atoms with E-state index in [1.54, 1.807) is 0 Å². The van der Waals surface area contributed by atoms with E-state index in [4.69, 9.17) is 14.6 Å². The lowest BCUT2D eigenvalue weighted by molar-refractivity contribution is -0.131. The van der Waals surface area contributed by atoms with Crippen molar-refractivity contribution in [2.24, 2.45) is 0 Å². The van der Waals surface area contributed by atoms with Gasteiger partial charge >= 0.3 is 5.97 Å². The molecule has 108 valence electrons. The van der Waals surface area contributed by atoms with Gasteiger partial charge in [-0.15, -0.1) is 0 Å². The Morgan fingerprint density at radius 2 is 2.35 bits per heavy atom. The second-order valence-corrected chi connectivity index (χ2v) is 5.48. The molecule has 1 fully saturated rings. The summed E-state index contributed by atoms with van der Waals surface area (Å²) in [5.41, 5.74) is 0.734. The fourth-order valence-electron chi connectivity index (χ4n) is 2.09. The largest absolute Gasteiger partial charge is 0.489 e. The molecule has 1 saturated heterocycles. The first-order valence-corrected chi connectivity index (χ1v) is 7.40. The van der Waals surface area contributed by atoms with E-state index in [2.05, 4.69) is 15.9 Å². The summed E-state index contributed by atoms with van der Waals surface area (Å²) < 4.78 is 12.3. The molecule has 1 aromatic carbocycles. The Balaban J connectivity index is 2.06. The maximum Gasteiger partial charge on any atom is 0.328 e. The molecule has 1 atom stereocenters. The summed E-state index contributed by atoms with van der Waals surface area (Å²) >= 11 is 3.43. The summed E-state index contributed by atoms with van der Waals surface area (Å²) in [6.45, 7) is 1.27. The lowest BCUT2D eigenvalue weighted by Crippen LogP contribution is -2.26. The molecule has 4 nitrogen and oxygen atoms in total. The average Bonchev–Trinajstić information content (AvgIpc) is 2.45. The van der Waals surface area contributed by atoms with Crippen LogP contribution in [0.15, 0.2) is 28.7 Å². The number of ether oxygens (including phenoxy) is 2. The highest BCUT2D eigenvalue weighted by atomic mass is 79.9. The highest BCUT2D eigenvalue weighted by Crippen LogP contribution is 2.30. The van der Waals surface area contributed by atoms with Crippen molar-refractivity contribution < 1.29 is 19.4 Å². The molecule has 1 aromatic rings. The fraction of sp³-hybridized carbons (Fsp3) is 0.400. The molecular weight excluding hydrogens is 324 g/mol. The van der Waals surface area contributed by atoms with Crippen molar-refractivity contribution in [1.29, 1.82) is 0 Å². The van der Waals surface area contributed by atoms with Crippen molar-refractivity contribution >= 4 is 28.0 Å². The Labute approximate surface area is 126 Å². The topological polar surface area (TPSA) is 55.8 Å². The number of benzene rings is 1. The number of carboxylic acids is 1. The monoisotopic (exact) mass is 340 g/mol. The van der Waals surface area contributed by atoms with Crippen LogP contribution in [0.5, 0.6) is 5.75 Å². The Kier molecular flexibility index (Phi) is 5.61. The van der Waals surface area contributed by atoms with Crippen LogP contribution in [0, 0.1) is 0 Å². The quantitative estimate of drug-likeness (QED) is 0.833. The Morgan fingerprint density at radius 3 is 3.05 bits per heavy atom. The van der Waals surface area contributed by atoms with Crippen molar-refractivity contribution in [3.05, 3.63) is 34.3 Å². The number of halogens is 1. The Hall–Kier alpha value is -1.33. The van der Waals surface area contributed by atoms with Gasteiger partial charge in [0, 0.05) is 18.2 Å². The van der Waals surface area contributed by atoms with Gasteiger partial charge in [0.1, 0.15) is 12.4 Å². The van der Waals surface area contributed by atoms with Crippen LogP contribution in [0.25, 0.3) is 6.08 Å². The van der Waals surface area contributed by atoms with E-state index < -0.39 is 5.97 Å². The molecule has 0 saturated carbocycles. The molecule has 0 amide bonds. The molecular formula is C15H17BrO4. The standard InChI is InChI=1S/C15H17BrO4/c16-13-6-3-4-11(7-8-14(17)18)15(13)20-10-12-5-1-2-9-19-12/h3-4,6-8,12H,1-2,5,9-10H2,(H,17,18). The Morgan fingerprint density at radius 1 is 1.50 bits per heavy atom. The van der Waals surface area contributed by atoms with Crippen LogP contribution in [-0.2, 0) is 9.53 Å². The summed E-state index contributed by atoms with van der Waals surface area (Å²) in [6.07, 6.45) is 6.03. The van der Waals surface area contributed by atoms with Crippen molar-refractivity contribution in [3.8, 4) is 5.75 Å². The first-order valence-electron chi connectivity index (χ1n) is 6.61. The SMILES string of the molecule is O=C(O)C=Cc1cccc(Br)c1OCC1CCCCO1. The fourth-order valence-corrected chi connectivity index (χ4v) is 2.58. The number of hydrogen-bond donors (Lipinski definition) is 1. The smallest absolute Gasteiger partial charge is 0.328 e. The predicted octanol–water partition coefficient (Wildman–Crippen LogP) is 3.49. The van der Waals surface area contributed by atoms with Crippen molar-refractivity contribution in [2.45, 2.75) is 25.4 Å². The summed E-state index contributed by atoms with van der Waals surface area (Å²) in [6, 6.07) is 5.53. The normalized spacial score (nSPS) is 19.1. The molecule has 2 rings (SSSR count). The molecule has 1 N–H and O–H groups in total. The van der Waals surface area contributed by atoms with Gasteiger partial charge in [0.2, 0.25) is 0 Å².